The predicted octanol–water partition coefficient (Wildman–Crippen LogP) is 1.03. The Morgan fingerprint density at radius 3 is 2.88 bits per heavy atom. The third kappa shape index (κ3) is 1.85. The van der Waals surface area contributed by atoms with Crippen molar-refractivity contribution in [2.45, 2.75) is 10.9 Å². The van der Waals surface area contributed by atoms with Gasteiger partial charge in [0.25, 0.3) is 0 Å². The van der Waals surface area contributed by atoms with Gasteiger partial charge in [0.2, 0.25) is 0 Å². The van der Waals surface area contributed by atoms with Gasteiger partial charge in [0.15, 0.2) is 9.84 Å². The molecule has 6 heteroatoms. The lowest BCUT2D eigenvalue weighted by Crippen LogP contribution is -2.44. The van der Waals surface area contributed by atoms with Gasteiger partial charge in [0.05, 0.1) is 29.0 Å². The van der Waals surface area contributed by atoms with E-state index in [0.29, 0.717) is 10.6 Å². The van der Waals surface area contributed by atoms with Gasteiger partial charge in [-0.05, 0) is 18.2 Å². The number of fused-ring (bicyclic) bond motifs is 1. The van der Waals surface area contributed by atoms with E-state index in [0.717, 1.165) is 4.47 Å². The van der Waals surface area contributed by atoms with Crippen LogP contribution in [0.3, 0.4) is 0 Å². The van der Waals surface area contributed by atoms with Crippen LogP contribution < -0.4 is 4.90 Å². The number of hydrogen-bond acceptors (Lipinski definition) is 4. The van der Waals surface area contributed by atoms with Crippen LogP contribution in [0.25, 0.3) is 0 Å². The zero-order valence-electron chi connectivity index (χ0n) is 8.72. The Labute approximate surface area is 103 Å². The number of aliphatic hydroxyl groups is 1. The Kier molecular flexibility index (Phi) is 2.98. The molecule has 2 rings (SSSR count). The Morgan fingerprint density at radius 1 is 1.56 bits per heavy atom. The van der Waals surface area contributed by atoms with E-state index >= 15 is 0 Å². The Balaban J connectivity index is 2.63. The fourth-order valence-corrected chi connectivity index (χ4v) is 4.22. The van der Waals surface area contributed by atoms with Crippen LogP contribution in [0.1, 0.15) is 0 Å². The van der Waals surface area contributed by atoms with Crippen molar-refractivity contribution < 1.29 is 13.5 Å². The molecule has 0 aromatic heterocycles. The van der Waals surface area contributed by atoms with Gasteiger partial charge in [0.1, 0.15) is 0 Å². The van der Waals surface area contributed by atoms with Crippen molar-refractivity contribution in [1.82, 2.24) is 0 Å². The highest BCUT2D eigenvalue weighted by Crippen LogP contribution is 2.34. The maximum absolute atomic E-state index is 12.0. The number of halogens is 1. The summed E-state index contributed by atoms with van der Waals surface area (Å²) in [7, 11) is -1.50. The molecular weight excluding hydrogens is 294 g/mol. The molecule has 1 aliphatic rings. The molecule has 1 N–H and O–H groups in total. The molecule has 1 atom stereocenters. The Bertz CT molecular complexity index is 515. The van der Waals surface area contributed by atoms with Crippen molar-refractivity contribution in [1.29, 1.82) is 0 Å². The van der Waals surface area contributed by atoms with Gasteiger partial charge in [-0.25, -0.2) is 8.42 Å². The molecule has 0 saturated carbocycles. The van der Waals surface area contributed by atoms with E-state index in [1.807, 2.05) is 4.90 Å². The number of rotatable bonds is 1. The number of hydrogen-bond donors (Lipinski definition) is 1. The minimum Gasteiger partial charge on any atom is -0.394 e. The molecule has 0 saturated heterocycles. The molecule has 88 valence electrons. The lowest BCUT2D eigenvalue weighted by atomic mass is 10.2. The van der Waals surface area contributed by atoms with Crippen LogP contribution >= 0.6 is 15.9 Å². The average Bonchev–Trinajstić information content (AvgIpc) is 2.23. The molecule has 0 amide bonds. The SMILES string of the molecule is CN1c2ccc(Br)cc2S(=O)(=O)CC1CO. The smallest absolute Gasteiger partial charge is 0.182 e. The summed E-state index contributed by atoms with van der Waals surface area (Å²) in [4.78, 5) is 2.14. The lowest BCUT2D eigenvalue weighted by Gasteiger charge is -2.34. The van der Waals surface area contributed by atoms with Gasteiger partial charge < -0.3 is 10.0 Å². The van der Waals surface area contributed by atoms with E-state index in [1.165, 1.54) is 0 Å². The second-order valence-corrected chi connectivity index (χ2v) is 6.76. The van der Waals surface area contributed by atoms with Gasteiger partial charge >= 0.3 is 0 Å². The highest BCUT2D eigenvalue weighted by Gasteiger charge is 2.33. The van der Waals surface area contributed by atoms with Gasteiger partial charge in [-0.3, -0.25) is 0 Å². The van der Waals surface area contributed by atoms with Gasteiger partial charge in [-0.2, -0.15) is 0 Å². The van der Waals surface area contributed by atoms with E-state index in [1.54, 1.807) is 25.2 Å². The van der Waals surface area contributed by atoms with Crippen LogP contribution in [0.4, 0.5) is 5.69 Å². The van der Waals surface area contributed by atoms with Gasteiger partial charge in [-0.1, -0.05) is 15.9 Å². The average molecular weight is 306 g/mol. The summed E-state index contributed by atoms with van der Waals surface area (Å²) >= 11 is 3.26. The molecule has 0 radical (unpaired) electrons. The van der Waals surface area contributed by atoms with Crippen LogP contribution in [-0.2, 0) is 9.84 Å². The summed E-state index contributed by atoms with van der Waals surface area (Å²) in [5, 5.41) is 9.16. The standard InChI is InChI=1S/C10H12BrNO3S/c1-12-8(5-13)6-16(14,15)10-4-7(11)2-3-9(10)12/h2-4,8,13H,5-6H2,1H3. The predicted molar refractivity (Wildman–Crippen MR) is 65.5 cm³/mol. The third-order valence-electron chi connectivity index (χ3n) is 2.81. The molecule has 1 unspecified atom stereocenters. The van der Waals surface area contributed by atoms with Crippen molar-refractivity contribution >= 4 is 31.5 Å². The Morgan fingerprint density at radius 2 is 2.25 bits per heavy atom. The number of benzene rings is 1. The summed E-state index contributed by atoms with van der Waals surface area (Å²) < 4.78 is 24.7. The van der Waals surface area contributed by atoms with E-state index in [-0.39, 0.29) is 18.4 Å². The molecule has 0 aliphatic carbocycles. The molecule has 1 aromatic rings. The van der Waals surface area contributed by atoms with Crippen molar-refractivity contribution in [3.05, 3.63) is 22.7 Å². The first kappa shape index (κ1) is 11.9. The fraction of sp³-hybridized carbons (Fsp3) is 0.400. The summed E-state index contributed by atoms with van der Waals surface area (Å²) in [5.41, 5.74) is 0.647. The molecular formula is C10H12BrNO3S. The molecule has 1 aliphatic heterocycles. The number of sulfone groups is 1. The van der Waals surface area contributed by atoms with Gasteiger partial charge in [-0.15, -0.1) is 0 Å². The maximum Gasteiger partial charge on any atom is 0.182 e. The van der Waals surface area contributed by atoms with E-state index in [4.69, 9.17) is 5.11 Å². The monoisotopic (exact) mass is 305 g/mol. The van der Waals surface area contributed by atoms with E-state index in [2.05, 4.69) is 15.9 Å². The van der Waals surface area contributed by atoms with Gasteiger partial charge in [0, 0.05) is 11.5 Å². The highest BCUT2D eigenvalue weighted by atomic mass is 79.9. The molecule has 1 aromatic carbocycles. The highest BCUT2D eigenvalue weighted by molar-refractivity contribution is 9.10. The second-order valence-electron chi connectivity index (χ2n) is 3.84. The van der Waals surface area contributed by atoms with Crippen LogP contribution in [0.15, 0.2) is 27.6 Å². The number of likely N-dealkylation sites (N-methyl/N-ethyl adjacent to an activating group) is 1. The normalized spacial score (nSPS) is 22.9. The lowest BCUT2D eigenvalue weighted by molar-refractivity contribution is 0.269. The topological polar surface area (TPSA) is 57.6 Å². The second kappa shape index (κ2) is 4.01. The largest absolute Gasteiger partial charge is 0.394 e. The first-order valence-corrected chi connectivity index (χ1v) is 7.26. The first-order valence-electron chi connectivity index (χ1n) is 4.81. The molecule has 4 nitrogen and oxygen atoms in total. The Hall–Kier alpha value is -0.590. The summed E-state index contributed by atoms with van der Waals surface area (Å²) in [6.45, 7) is -0.161. The third-order valence-corrected chi connectivity index (χ3v) is 5.12. The van der Waals surface area contributed by atoms with E-state index < -0.39 is 9.84 Å². The van der Waals surface area contributed by atoms with Crippen molar-refractivity contribution in [3.8, 4) is 0 Å². The van der Waals surface area contributed by atoms with Crippen LogP contribution in [-0.4, -0.2) is 39.0 Å². The molecule has 16 heavy (non-hydrogen) atoms. The fourth-order valence-electron chi connectivity index (χ4n) is 1.86. The summed E-state index contributed by atoms with van der Waals surface area (Å²) in [6.07, 6.45) is 0. The number of anilines is 1. The van der Waals surface area contributed by atoms with Crippen molar-refractivity contribution in [2.24, 2.45) is 0 Å². The minimum atomic E-state index is -3.29. The molecule has 0 fully saturated rings. The molecule has 1 heterocycles. The quantitative estimate of drug-likeness (QED) is 0.842. The maximum atomic E-state index is 12.0. The molecule has 0 spiro atoms. The first-order chi connectivity index (χ1) is 7.45. The van der Waals surface area contributed by atoms with Crippen LogP contribution in [0.2, 0.25) is 0 Å². The number of aliphatic hydroxyl groups excluding tert-OH is 1. The van der Waals surface area contributed by atoms with Crippen molar-refractivity contribution in [3.63, 3.8) is 0 Å². The zero-order chi connectivity index (χ0) is 11.9. The van der Waals surface area contributed by atoms with Crippen molar-refractivity contribution in [2.75, 3.05) is 24.3 Å². The summed E-state index contributed by atoms with van der Waals surface area (Å²) in [5.74, 6) is -0.0382. The summed E-state index contributed by atoms with van der Waals surface area (Å²) in [6, 6.07) is 4.79. The molecule has 0 bridgehead atoms. The number of nitrogens with zero attached hydrogens (tertiary/aromatic N) is 1. The van der Waals surface area contributed by atoms with Crippen LogP contribution in [0.5, 0.6) is 0 Å². The van der Waals surface area contributed by atoms with Crippen LogP contribution in [0, 0.1) is 0 Å². The minimum absolute atomic E-state index is 0.0382. The zero-order valence-corrected chi connectivity index (χ0v) is 11.1. The van der Waals surface area contributed by atoms with E-state index in [9.17, 15) is 8.42 Å².